The van der Waals surface area contributed by atoms with Crippen LogP contribution in [0.15, 0.2) is 18.2 Å². The highest BCUT2D eigenvalue weighted by Gasteiger charge is 2.23. The summed E-state index contributed by atoms with van der Waals surface area (Å²) >= 11 is 0. The van der Waals surface area contributed by atoms with Crippen LogP contribution < -0.4 is 10.1 Å². The Hall–Kier alpha value is -1.06. The van der Waals surface area contributed by atoms with Crippen molar-refractivity contribution in [3.8, 4) is 5.75 Å². The summed E-state index contributed by atoms with van der Waals surface area (Å²) in [6.07, 6.45) is 7.43. The lowest BCUT2D eigenvalue weighted by atomic mass is 9.95. The zero-order chi connectivity index (χ0) is 13.8. The molecule has 3 rings (SSSR count). The van der Waals surface area contributed by atoms with Gasteiger partial charge in [0.05, 0.1) is 12.7 Å². The lowest BCUT2D eigenvalue weighted by Crippen LogP contribution is -2.41. The molecule has 2 heterocycles. The monoisotopic (exact) mass is 275 g/mol. The first-order chi connectivity index (χ1) is 9.86. The summed E-state index contributed by atoms with van der Waals surface area (Å²) < 4.78 is 11.5. The molecule has 0 spiro atoms. The van der Waals surface area contributed by atoms with Crippen LogP contribution in [0, 0.1) is 0 Å². The fourth-order valence-corrected chi connectivity index (χ4v) is 3.32. The molecule has 1 N–H and O–H groups in total. The number of hydrogen-bond donors (Lipinski definition) is 1. The van der Waals surface area contributed by atoms with E-state index < -0.39 is 0 Å². The van der Waals surface area contributed by atoms with Crippen molar-refractivity contribution in [3.63, 3.8) is 0 Å². The van der Waals surface area contributed by atoms with Crippen LogP contribution in [0.2, 0.25) is 0 Å². The lowest BCUT2D eigenvalue weighted by molar-refractivity contribution is -0.00760. The molecule has 1 aromatic carbocycles. The Morgan fingerprint density at radius 2 is 2.25 bits per heavy atom. The molecule has 0 amide bonds. The number of aryl methyl sites for hydroxylation is 1. The van der Waals surface area contributed by atoms with Crippen molar-refractivity contribution in [1.29, 1.82) is 0 Å². The Bertz CT molecular complexity index is 441. The highest BCUT2D eigenvalue weighted by molar-refractivity contribution is 5.39. The Morgan fingerprint density at radius 3 is 3.05 bits per heavy atom. The number of hydrogen-bond acceptors (Lipinski definition) is 3. The van der Waals surface area contributed by atoms with Gasteiger partial charge < -0.3 is 14.8 Å². The van der Waals surface area contributed by atoms with Gasteiger partial charge in [0.2, 0.25) is 0 Å². The molecular formula is C17H25NO2. The maximum atomic E-state index is 5.91. The van der Waals surface area contributed by atoms with Gasteiger partial charge in [-0.25, -0.2) is 0 Å². The number of nitrogens with one attached hydrogen (secondary N) is 1. The van der Waals surface area contributed by atoms with E-state index in [1.165, 1.54) is 30.4 Å². The number of ether oxygens (including phenoxy) is 2. The first-order valence-electron chi connectivity index (χ1n) is 7.90. The smallest absolute Gasteiger partial charge is 0.122 e. The predicted octanol–water partition coefficient (Wildman–Crippen LogP) is 2.71. The molecule has 0 aromatic heterocycles. The van der Waals surface area contributed by atoms with Crippen LogP contribution >= 0.6 is 0 Å². The van der Waals surface area contributed by atoms with E-state index in [1.807, 2.05) is 0 Å². The van der Waals surface area contributed by atoms with Gasteiger partial charge in [-0.3, -0.25) is 0 Å². The summed E-state index contributed by atoms with van der Waals surface area (Å²) in [5.41, 5.74) is 2.79. The molecular weight excluding hydrogens is 250 g/mol. The second-order valence-electron chi connectivity index (χ2n) is 5.88. The van der Waals surface area contributed by atoms with Gasteiger partial charge in [0.1, 0.15) is 5.75 Å². The topological polar surface area (TPSA) is 30.5 Å². The van der Waals surface area contributed by atoms with Gasteiger partial charge in [-0.1, -0.05) is 12.1 Å². The summed E-state index contributed by atoms with van der Waals surface area (Å²) in [6.45, 7) is 1.77. The van der Waals surface area contributed by atoms with E-state index in [1.54, 1.807) is 0 Å². The zero-order valence-corrected chi connectivity index (χ0v) is 12.4. The van der Waals surface area contributed by atoms with Gasteiger partial charge >= 0.3 is 0 Å². The van der Waals surface area contributed by atoms with Gasteiger partial charge in [-0.2, -0.15) is 0 Å². The van der Waals surface area contributed by atoms with Crippen LogP contribution in [-0.4, -0.2) is 32.4 Å². The van der Waals surface area contributed by atoms with Crippen LogP contribution in [-0.2, 0) is 17.6 Å². The van der Waals surface area contributed by atoms with E-state index in [0.717, 1.165) is 38.2 Å². The molecule has 3 heteroatoms. The third-order valence-electron chi connectivity index (χ3n) is 4.53. The molecule has 2 unspecified atom stereocenters. The van der Waals surface area contributed by atoms with Crippen molar-refractivity contribution < 1.29 is 9.47 Å². The zero-order valence-electron chi connectivity index (χ0n) is 12.4. The van der Waals surface area contributed by atoms with E-state index in [-0.39, 0.29) is 0 Å². The minimum absolute atomic E-state index is 0.395. The van der Waals surface area contributed by atoms with Crippen molar-refractivity contribution in [2.45, 2.75) is 50.7 Å². The Balaban J connectivity index is 1.57. The molecule has 2 aliphatic heterocycles. The van der Waals surface area contributed by atoms with E-state index in [0.29, 0.717) is 12.1 Å². The molecule has 110 valence electrons. The maximum absolute atomic E-state index is 5.91. The summed E-state index contributed by atoms with van der Waals surface area (Å²) in [5, 5.41) is 3.44. The molecule has 1 aromatic rings. The molecule has 0 bridgehead atoms. The summed E-state index contributed by atoms with van der Waals surface area (Å²) in [6, 6.07) is 7.12. The summed E-state index contributed by atoms with van der Waals surface area (Å²) in [7, 11) is 2.05. The summed E-state index contributed by atoms with van der Waals surface area (Å²) in [5.74, 6) is 1.08. The van der Waals surface area contributed by atoms with Gasteiger partial charge in [-0.05, 0) is 56.3 Å². The van der Waals surface area contributed by atoms with Gasteiger partial charge in [-0.15, -0.1) is 0 Å². The molecule has 3 nitrogen and oxygen atoms in total. The molecule has 0 saturated carbocycles. The van der Waals surface area contributed by atoms with E-state index in [9.17, 15) is 0 Å². The highest BCUT2D eigenvalue weighted by Crippen LogP contribution is 2.27. The fraction of sp³-hybridized carbons (Fsp3) is 0.647. The lowest BCUT2D eigenvalue weighted by Gasteiger charge is -2.30. The standard InChI is InChI=1S/C17H25NO2/c1-18-15(17-4-2-3-10-19-17)7-5-13-6-8-16-14(12-13)9-11-20-16/h6,8,12,15,17-18H,2-5,7,9-11H2,1H3. The number of rotatable bonds is 5. The molecule has 1 saturated heterocycles. The number of fused-ring (bicyclic) bond motifs is 1. The van der Waals surface area contributed by atoms with Crippen LogP contribution in [0.4, 0.5) is 0 Å². The largest absolute Gasteiger partial charge is 0.493 e. The van der Waals surface area contributed by atoms with Crippen molar-refractivity contribution in [2.75, 3.05) is 20.3 Å². The minimum atomic E-state index is 0.395. The van der Waals surface area contributed by atoms with Crippen molar-refractivity contribution in [1.82, 2.24) is 5.32 Å². The molecule has 0 radical (unpaired) electrons. The number of benzene rings is 1. The van der Waals surface area contributed by atoms with Crippen LogP contribution in [0.3, 0.4) is 0 Å². The quantitative estimate of drug-likeness (QED) is 0.896. The van der Waals surface area contributed by atoms with Gasteiger partial charge in [0.25, 0.3) is 0 Å². The van der Waals surface area contributed by atoms with E-state index >= 15 is 0 Å². The van der Waals surface area contributed by atoms with Crippen molar-refractivity contribution >= 4 is 0 Å². The SMILES string of the molecule is CNC(CCc1ccc2c(c1)CCO2)C1CCCCO1. The first kappa shape index (κ1) is 13.9. The maximum Gasteiger partial charge on any atom is 0.122 e. The molecule has 0 aliphatic carbocycles. The summed E-state index contributed by atoms with van der Waals surface area (Å²) in [4.78, 5) is 0. The van der Waals surface area contributed by atoms with Crippen LogP contribution in [0.25, 0.3) is 0 Å². The average molecular weight is 275 g/mol. The predicted molar refractivity (Wildman–Crippen MR) is 80.4 cm³/mol. The fourth-order valence-electron chi connectivity index (χ4n) is 3.32. The third kappa shape index (κ3) is 3.15. The van der Waals surface area contributed by atoms with Crippen molar-refractivity contribution in [3.05, 3.63) is 29.3 Å². The average Bonchev–Trinajstić information content (AvgIpc) is 2.96. The second-order valence-corrected chi connectivity index (χ2v) is 5.88. The molecule has 20 heavy (non-hydrogen) atoms. The van der Waals surface area contributed by atoms with E-state index in [4.69, 9.17) is 9.47 Å². The third-order valence-corrected chi connectivity index (χ3v) is 4.53. The normalized spacial score (nSPS) is 23.1. The van der Waals surface area contributed by atoms with Crippen LogP contribution in [0.1, 0.15) is 36.8 Å². The van der Waals surface area contributed by atoms with Gasteiger partial charge in [0.15, 0.2) is 0 Å². The molecule has 2 atom stereocenters. The Kier molecular flexibility index (Phi) is 4.58. The second kappa shape index (κ2) is 6.59. The molecule has 2 aliphatic rings. The highest BCUT2D eigenvalue weighted by atomic mass is 16.5. The first-order valence-corrected chi connectivity index (χ1v) is 7.90. The van der Waals surface area contributed by atoms with Crippen LogP contribution in [0.5, 0.6) is 5.75 Å². The Labute approximate surface area is 121 Å². The molecule has 1 fully saturated rings. The van der Waals surface area contributed by atoms with E-state index in [2.05, 4.69) is 30.6 Å². The number of likely N-dealkylation sites (N-methyl/N-ethyl adjacent to an activating group) is 1. The van der Waals surface area contributed by atoms with Crippen molar-refractivity contribution in [2.24, 2.45) is 0 Å². The van der Waals surface area contributed by atoms with Gasteiger partial charge in [0, 0.05) is 19.1 Å². The Morgan fingerprint density at radius 1 is 1.30 bits per heavy atom. The minimum Gasteiger partial charge on any atom is -0.493 e.